The van der Waals surface area contributed by atoms with Crippen molar-refractivity contribution in [2.45, 2.75) is 19.3 Å². The van der Waals surface area contributed by atoms with Gasteiger partial charge in [0.15, 0.2) is 11.6 Å². The first kappa shape index (κ1) is 14.7. The van der Waals surface area contributed by atoms with Gasteiger partial charge in [-0.15, -0.1) is 0 Å². The molecule has 1 aromatic rings. The van der Waals surface area contributed by atoms with Crippen LogP contribution in [0.4, 0.5) is 10.2 Å². The molecule has 2 rings (SSSR count). The molecule has 6 heteroatoms. The second-order valence-electron chi connectivity index (χ2n) is 5.16. The minimum atomic E-state index is -0.891. The van der Waals surface area contributed by atoms with Gasteiger partial charge in [0.25, 0.3) is 0 Å². The lowest BCUT2D eigenvalue weighted by molar-refractivity contribution is -0.150. The van der Waals surface area contributed by atoms with E-state index in [2.05, 4.69) is 4.98 Å². The standard InChI is InChI=1S/C14H19FN2O3/c1-20-9-6-14(13(18)19)5-3-8-17(10-14)12-11(15)4-2-7-16-12/h2,4,7H,3,5-6,8-10H2,1H3,(H,18,19). The van der Waals surface area contributed by atoms with E-state index in [0.29, 0.717) is 32.4 Å². The first-order chi connectivity index (χ1) is 9.59. The van der Waals surface area contributed by atoms with Gasteiger partial charge >= 0.3 is 5.97 Å². The third-order valence-electron chi connectivity index (χ3n) is 3.85. The third kappa shape index (κ3) is 2.90. The van der Waals surface area contributed by atoms with Gasteiger partial charge in [0.1, 0.15) is 0 Å². The summed E-state index contributed by atoms with van der Waals surface area (Å²) >= 11 is 0. The molecule has 0 bridgehead atoms. The van der Waals surface area contributed by atoms with Gasteiger partial charge in [-0.25, -0.2) is 9.37 Å². The Kier molecular flexibility index (Phi) is 4.54. The Morgan fingerprint density at radius 2 is 2.45 bits per heavy atom. The second kappa shape index (κ2) is 6.17. The van der Waals surface area contributed by atoms with Gasteiger partial charge in [0.2, 0.25) is 0 Å². The predicted octanol–water partition coefficient (Wildman–Crippen LogP) is 1.93. The Bertz CT molecular complexity index is 483. The van der Waals surface area contributed by atoms with E-state index in [1.807, 2.05) is 0 Å². The lowest BCUT2D eigenvalue weighted by Gasteiger charge is -2.40. The summed E-state index contributed by atoms with van der Waals surface area (Å²) in [4.78, 5) is 17.4. The second-order valence-corrected chi connectivity index (χ2v) is 5.16. The van der Waals surface area contributed by atoms with Crippen molar-refractivity contribution in [3.05, 3.63) is 24.1 Å². The zero-order valence-electron chi connectivity index (χ0n) is 11.5. The van der Waals surface area contributed by atoms with Crippen molar-refractivity contribution in [2.75, 3.05) is 31.7 Å². The highest BCUT2D eigenvalue weighted by Crippen LogP contribution is 2.36. The molecule has 2 heterocycles. The number of piperidine rings is 1. The SMILES string of the molecule is COCCC1(C(=O)O)CCCN(c2ncccc2F)C1. The molecule has 0 aromatic carbocycles. The van der Waals surface area contributed by atoms with Crippen LogP contribution in [0.1, 0.15) is 19.3 Å². The minimum absolute atomic E-state index is 0.232. The fourth-order valence-electron chi connectivity index (χ4n) is 2.71. The number of carboxylic acid groups (broad SMARTS) is 1. The van der Waals surface area contributed by atoms with Crippen molar-refractivity contribution in [2.24, 2.45) is 5.41 Å². The van der Waals surface area contributed by atoms with E-state index in [9.17, 15) is 14.3 Å². The van der Waals surface area contributed by atoms with Gasteiger partial charge in [0, 0.05) is 33.0 Å². The maximum atomic E-state index is 13.8. The van der Waals surface area contributed by atoms with Gasteiger partial charge in [-0.05, 0) is 31.4 Å². The fraction of sp³-hybridized carbons (Fsp3) is 0.571. The summed E-state index contributed by atoms with van der Waals surface area (Å²) in [7, 11) is 1.55. The van der Waals surface area contributed by atoms with Crippen LogP contribution >= 0.6 is 0 Å². The lowest BCUT2D eigenvalue weighted by atomic mass is 9.77. The molecule has 1 N–H and O–H groups in total. The highest BCUT2D eigenvalue weighted by molar-refractivity contribution is 5.76. The van der Waals surface area contributed by atoms with Crippen LogP contribution in [0.2, 0.25) is 0 Å². The number of rotatable bonds is 5. The van der Waals surface area contributed by atoms with E-state index in [0.717, 1.165) is 0 Å². The molecule has 0 radical (unpaired) electrons. The summed E-state index contributed by atoms with van der Waals surface area (Å²) in [6.45, 7) is 1.26. The Balaban J connectivity index is 2.22. The molecule has 110 valence electrons. The number of methoxy groups -OCH3 is 1. The maximum absolute atomic E-state index is 13.8. The zero-order chi connectivity index (χ0) is 14.6. The van der Waals surface area contributed by atoms with Gasteiger partial charge in [-0.1, -0.05) is 0 Å². The Labute approximate surface area is 117 Å². The van der Waals surface area contributed by atoms with Crippen LogP contribution in [0.25, 0.3) is 0 Å². The van der Waals surface area contributed by atoms with Gasteiger partial charge in [-0.2, -0.15) is 0 Å². The average Bonchev–Trinajstić information content (AvgIpc) is 2.45. The van der Waals surface area contributed by atoms with Crippen LogP contribution in [0.15, 0.2) is 18.3 Å². The molecule has 20 heavy (non-hydrogen) atoms. The minimum Gasteiger partial charge on any atom is -0.481 e. The van der Waals surface area contributed by atoms with Crippen molar-refractivity contribution < 1.29 is 19.0 Å². The molecule has 1 unspecified atom stereocenters. The van der Waals surface area contributed by atoms with Gasteiger partial charge in [-0.3, -0.25) is 4.79 Å². The number of carbonyl (C=O) groups is 1. The van der Waals surface area contributed by atoms with E-state index in [4.69, 9.17) is 4.74 Å². The summed E-state index contributed by atoms with van der Waals surface area (Å²) < 4.78 is 18.8. The normalized spacial score (nSPS) is 22.8. The number of nitrogens with zero attached hydrogens (tertiary/aromatic N) is 2. The molecule has 1 aliphatic heterocycles. The molecular formula is C14H19FN2O3. The Morgan fingerprint density at radius 3 is 3.10 bits per heavy atom. The number of carboxylic acids is 1. The number of ether oxygens (including phenoxy) is 1. The van der Waals surface area contributed by atoms with Gasteiger partial charge < -0.3 is 14.7 Å². The van der Waals surface area contributed by atoms with Crippen LogP contribution in [-0.2, 0) is 9.53 Å². The topological polar surface area (TPSA) is 62.7 Å². The third-order valence-corrected chi connectivity index (χ3v) is 3.85. The summed E-state index contributed by atoms with van der Waals surface area (Å²) in [6, 6.07) is 2.87. The van der Waals surface area contributed by atoms with Crippen molar-refractivity contribution in [3.63, 3.8) is 0 Å². The number of hydrogen-bond acceptors (Lipinski definition) is 4. The lowest BCUT2D eigenvalue weighted by Crippen LogP contribution is -2.49. The number of anilines is 1. The molecule has 1 atom stereocenters. The van der Waals surface area contributed by atoms with E-state index in [1.165, 1.54) is 18.3 Å². The van der Waals surface area contributed by atoms with E-state index in [-0.39, 0.29) is 12.4 Å². The highest BCUT2D eigenvalue weighted by atomic mass is 19.1. The summed E-state index contributed by atoms with van der Waals surface area (Å²) in [5, 5.41) is 9.55. The number of halogens is 1. The molecule has 0 spiro atoms. The Morgan fingerprint density at radius 1 is 1.65 bits per heavy atom. The molecule has 0 amide bonds. The number of hydrogen-bond donors (Lipinski definition) is 1. The van der Waals surface area contributed by atoms with Crippen molar-refractivity contribution in [3.8, 4) is 0 Å². The predicted molar refractivity (Wildman–Crippen MR) is 72.2 cm³/mol. The van der Waals surface area contributed by atoms with Crippen LogP contribution < -0.4 is 4.90 Å². The molecule has 1 saturated heterocycles. The van der Waals surface area contributed by atoms with E-state index in [1.54, 1.807) is 12.0 Å². The average molecular weight is 282 g/mol. The summed E-state index contributed by atoms with van der Waals surface area (Å²) in [6.07, 6.45) is 3.22. The molecular weight excluding hydrogens is 263 g/mol. The van der Waals surface area contributed by atoms with Crippen molar-refractivity contribution >= 4 is 11.8 Å². The summed E-state index contributed by atoms with van der Waals surface area (Å²) in [5.74, 6) is -1.04. The fourth-order valence-corrected chi connectivity index (χ4v) is 2.71. The van der Waals surface area contributed by atoms with Crippen LogP contribution in [0.3, 0.4) is 0 Å². The number of pyridine rings is 1. The largest absolute Gasteiger partial charge is 0.481 e. The van der Waals surface area contributed by atoms with E-state index >= 15 is 0 Å². The van der Waals surface area contributed by atoms with E-state index < -0.39 is 17.2 Å². The van der Waals surface area contributed by atoms with Gasteiger partial charge in [0.05, 0.1) is 5.41 Å². The summed E-state index contributed by atoms with van der Waals surface area (Å²) in [5.41, 5.74) is -0.891. The van der Waals surface area contributed by atoms with Crippen LogP contribution in [-0.4, -0.2) is 42.9 Å². The monoisotopic (exact) mass is 282 g/mol. The molecule has 5 nitrogen and oxygen atoms in total. The maximum Gasteiger partial charge on any atom is 0.311 e. The van der Waals surface area contributed by atoms with Crippen molar-refractivity contribution in [1.82, 2.24) is 4.98 Å². The van der Waals surface area contributed by atoms with Crippen LogP contribution in [0.5, 0.6) is 0 Å². The first-order valence-electron chi connectivity index (χ1n) is 6.67. The number of aromatic nitrogens is 1. The molecule has 0 aliphatic carbocycles. The quantitative estimate of drug-likeness (QED) is 0.894. The van der Waals surface area contributed by atoms with Crippen LogP contribution in [0, 0.1) is 11.2 Å². The molecule has 1 aromatic heterocycles. The first-order valence-corrected chi connectivity index (χ1v) is 6.67. The Hall–Kier alpha value is -1.69. The molecule has 1 fully saturated rings. The smallest absolute Gasteiger partial charge is 0.311 e. The highest BCUT2D eigenvalue weighted by Gasteiger charge is 2.42. The van der Waals surface area contributed by atoms with Crippen molar-refractivity contribution in [1.29, 1.82) is 0 Å². The molecule has 0 saturated carbocycles. The number of aliphatic carboxylic acids is 1. The zero-order valence-corrected chi connectivity index (χ0v) is 11.5. The molecule has 1 aliphatic rings.